The molecule has 2 rings (SSSR count). The van der Waals surface area contributed by atoms with Crippen LogP contribution in [0.1, 0.15) is 11.1 Å². The number of nitrogens with one attached hydrogen (secondary N) is 3. The number of nitriles is 1. The van der Waals surface area contributed by atoms with E-state index in [4.69, 9.17) is 5.26 Å². The van der Waals surface area contributed by atoms with Gasteiger partial charge in [-0.25, -0.2) is 9.18 Å². The number of hydrogen-bond donors (Lipinski definition) is 3. The molecule has 29 heavy (non-hydrogen) atoms. The lowest BCUT2D eigenvalue weighted by Crippen LogP contribution is -2.33. The molecule has 0 saturated heterocycles. The van der Waals surface area contributed by atoms with Gasteiger partial charge in [-0.15, -0.1) is 0 Å². The maximum atomic E-state index is 13.5. The molecule has 154 valence electrons. The van der Waals surface area contributed by atoms with E-state index in [1.54, 1.807) is 20.2 Å². The third-order valence-electron chi connectivity index (χ3n) is 3.92. The zero-order valence-electron chi connectivity index (χ0n) is 15.7. The molecule has 0 aromatic heterocycles. The summed E-state index contributed by atoms with van der Waals surface area (Å²) in [4.78, 5) is 13.5. The molecule has 2 aromatic rings. The predicted molar refractivity (Wildman–Crippen MR) is 102 cm³/mol. The molecule has 0 aliphatic heterocycles. The summed E-state index contributed by atoms with van der Waals surface area (Å²) in [7, 11) is 3.22. The molecule has 3 N–H and O–H groups in total. The quantitative estimate of drug-likeness (QED) is 0.497. The predicted octanol–water partition coefficient (Wildman–Crippen LogP) is 4.02. The van der Waals surface area contributed by atoms with Gasteiger partial charge in [-0.2, -0.15) is 18.4 Å². The Hall–Kier alpha value is -3.48. The Bertz CT molecular complexity index is 922. The van der Waals surface area contributed by atoms with Crippen molar-refractivity contribution in [2.24, 2.45) is 0 Å². The molecule has 0 heterocycles. The molecule has 0 saturated carbocycles. The maximum absolute atomic E-state index is 13.5. The summed E-state index contributed by atoms with van der Waals surface area (Å²) in [5.74, 6) is -0.677. The monoisotopic (exact) mass is 409 g/mol. The molecule has 0 spiro atoms. The fourth-order valence-electron chi connectivity index (χ4n) is 2.48. The second kappa shape index (κ2) is 9.14. The third-order valence-corrected chi connectivity index (χ3v) is 3.92. The van der Waals surface area contributed by atoms with E-state index in [-0.39, 0.29) is 30.0 Å². The Morgan fingerprint density at radius 2 is 1.86 bits per heavy atom. The van der Waals surface area contributed by atoms with Gasteiger partial charge in [-0.3, -0.25) is 0 Å². The fourth-order valence-corrected chi connectivity index (χ4v) is 2.48. The lowest BCUT2D eigenvalue weighted by atomic mass is 10.1. The van der Waals surface area contributed by atoms with Gasteiger partial charge in [-0.1, -0.05) is 6.07 Å². The topological polar surface area (TPSA) is 80.2 Å². The van der Waals surface area contributed by atoms with Crippen molar-refractivity contribution in [2.45, 2.75) is 6.18 Å². The zero-order chi connectivity index (χ0) is 21.6. The van der Waals surface area contributed by atoms with E-state index in [1.807, 2.05) is 0 Å². The van der Waals surface area contributed by atoms with Gasteiger partial charge < -0.3 is 20.9 Å². The van der Waals surface area contributed by atoms with Crippen LogP contribution in [0, 0.1) is 17.1 Å². The SMILES string of the molecule is CN(C)c1ccc(NC(=O)NCCNc2cccc(F)c2C#N)c(C(F)(F)F)c1. The van der Waals surface area contributed by atoms with Crippen molar-refractivity contribution < 1.29 is 22.4 Å². The first kappa shape index (κ1) is 21.8. The second-order valence-corrected chi connectivity index (χ2v) is 6.20. The van der Waals surface area contributed by atoms with Crippen LogP contribution in [0.15, 0.2) is 36.4 Å². The molecular weight excluding hydrogens is 390 g/mol. The minimum absolute atomic E-state index is 0.0321. The first-order chi connectivity index (χ1) is 13.6. The van der Waals surface area contributed by atoms with E-state index < -0.39 is 23.6 Å². The molecule has 0 radical (unpaired) electrons. The molecule has 0 aliphatic carbocycles. The maximum Gasteiger partial charge on any atom is 0.418 e. The number of urea groups is 1. The number of hydrogen-bond acceptors (Lipinski definition) is 4. The molecule has 0 fully saturated rings. The van der Waals surface area contributed by atoms with Crippen LogP contribution in [-0.2, 0) is 6.18 Å². The van der Waals surface area contributed by atoms with Gasteiger partial charge in [-0.05, 0) is 30.3 Å². The number of carbonyl (C=O) groups excluding carboxylic acids is 1. The van der Waals surface area contributed by atoms with Crippen LogP contribution in [0.3, 0.4) is 0 Å². The number of halogens is 4. The van der Waals surface area contributed by atoms with Crippen LogP contribution < -0.4 is 20.9 Å². The van der Waals surface area contributed by atoms with Crippen molar-refractivity contribution in [3.8, 4) is 6.07 Å². The Morgan fingerprint density at radius 3 is 2.48 bits per heavy atom. The van der Waals surface area contributed by atoms with E-state index in [1.165, 1.54) is 29.2 Å². The number of nitrogens with zero attached hydrogens (tertiary/aromatic N) is 2. The highest BCUT2D eigenvalue weighted by Gasteiger charge is 2.34. The Morgan fingerprint density at radius 1 is 1.14 bits per heavy atom. The third kappa shape index (κ3) is 5.75. The van der Waals surface area contributed by atoms with Gasteiger partial charge in [0.1, 0.15) is 17.4 Å². The van der Waals surface area contributed by atoms with Crippen molar-refractivity contribution in [2.75, 3.05) is 42.7 Å². The molecule has 0 atom stereocenters. The highest BCUT2D eigenvalue weighted by molar-refractivity contribution is 5.90. The van der Waals surface area contributed by atoms with Gasteiger partial charge >= 0.3 is 12.2 Å². The van der Waals surface area contributed by atoms with E-state index in [0.29, 0.717) is 5.69 Å². The first-order valence-corrected chi connectivity index (χ1v) is 8.49. The van der Waals surface area contributed by atoms with Crippen LogP contribution in [0.2, 0.25) is 0 Å². The summed E-state index contributed by atoms with van der Waals surface area (Å²) >= 11 is 0. The smallest absolute Gasteiger partial charge is 0.382 e. The van der Waals surface area contributed by atoms with Crippen molar-refractivity contribution >= 4 is 23.1 Å². The average Bonchev–Trinajstić information content (AvgIpc) is 2.64. The van der Waals surface area contributed by atoms with Crippen molar-refractivity contribution in [3.05, 3.63) is 53.3 Å². The normalized spacial score (nSPS) is 10.8. The van der Waals surface area contributed by atoms with Crippen LogP contribution >= 0.6 is 0 Å². The number of anilines is 3. The number of rotatable bonds is 6. The van der Waals surface area contributed by atoms with Crippen LogP contribution in [0.4, 0.5) is 39.4 Å². The van der Waals surface area contributed by atoms with Crippen LogP contribution in [0.25, 0.3) is 0 Å². The average molecular weight is 409 g/mol. The molecule has 0 unspecified atom stereocenters. The number of benzene rings is 2. The lowest BCUT2D eigenvalue weighted by molar-refractivity contribution is -0.136. The number of alkyl halides is 3. The molecule has 6 nitrogen and oxygen atoms in total. The van der Waals surface area contributed by atoms with Gasteiger partial charge in [0, 0.05) is 32.9 Å². The van der Waals surface area contributed by atoms with E-state index in [2.05, 4.69) is 16.0 Å². The molecular formula is C19H19F4N5O. The van der Waals surface area contributed by atoms with Crippen LogP contribution in [0.5, 0.6) is 0 Å². The molecule has 2 aromatic carbocycles. The lowest BCUT2D eigenvalue weighted by Gasteiger charge is -2.19. The molecule has 0 bridgehead atoms. The summed E-state index contributed by atoms with van der Waals surface area (Å²) in [5.41, 5.74) is -0.891. The van der Waals surface area contributed by atoms with Gasteiger partial charge in [0.05, 0.1) is 16.9 Å². The highest BCUT2D eigenvalue weighted by atomic mass is 19.4. The summed E-state index contributed by atoms with van der Waals surface area (Å²) in [5, 5.41) is 16.3. The standard InChI is InChI=1S/C19H19F4N5O/c1-28(2)12-6-7-17(14(10-12)19(21,22)23)27-18(29)26-9-8-25-16-5-3-4-15(20)13(16)11-24/h3-7,10,25H,8-9H2,1-2H3,(H2,26,27,29). The van der Waals surface area contributed by atoms with E-state index in [0.717, 1.165) is 12.1 Å². The summed E-state index contributed by atoms with van der Waals surface area (Å²) in [6.45, 7) is 0.168. The highest BCUT2D eigenvalue weighted by Crippen LogP contribution is 2.37. The minimum Gasteiger partial charge on any atom is -0.382 e. The van der Waals surface area contributed by atoms with Crippen molar-refractivity contribution in [1.82, 2.24) is 5.32 Å². The zero-order valence-corrected chi connectivity index (χ0v) is 15.7. The molecule has 2 amide bonds. The van der Waals surface area contributed by atoms with Crippen LogP contribution in [-0.4, -0.2) is 33.2 Å². The summed E-state index contributed by atoms with van der Waals surface area (Å²) < 4.78 is 53.4. The second-order valence-electron chi connectivity index (χ2n) is 6.20. The Labute approximate surface area is 165 Å². The number of carbonyl (C=O) groups is 1. The largest absolute Gasteiger partial charge is 0.418 e. The van der Waals surface area contributed by atoms with Crippen molar-refractivity contribution in [3.63, 3.8) is 0 Å². The minimum atomic E-state index is -4.64. The Balaban J connectivity index is 1.96. The number of amides is 2. The molecule has 10 heteroatoms. The van der Waals surface area contributed by atoms with Crippen molar-refractivity contribution in [1.29, 1.82) is 5.26 Å². The van der Waals surface area contributed by atoms with Gasteiger partial charge in [0.2, 0.25) is 0 Å². The Kier molecular flexibility index (Phi) is 6.88. The van der Waals surface area contributed by atoms with Gasteiger partial charge in [0.15, 0.2) is 0 Å². The summed E-state index contributed by atoms with van der Waals surface area (Å²) in [6.07, 6.45) is -4.64. The first-order valence-electron chi connectivity index (χ1n) is 8.49. The fraction of sp³-hybridized carbons (Fsp3) is 0.263. The summed E-state index contributed by atoms with van der Waals surface area (Å²) in [6, 6.07) is 8.57. The van der Waals surface area contributed by atoms with E-state index >= 15 is 0 Å². The van der Waals surface area contributed by atoms with E-state index in [9.17, 15) is 22.4 Å². The molecule has 0 aliphatic rings. The van der Waals surface area contributed by atoms with Gasteiger partial charge in [0.25, 0.3) is 0 Å².